The Morgan fingerprint density at radius 1 is 1.23 bits per heavy atom. The van der Waals surface area contributed by atoms with E-state index in [1.165, 1.54) is 18.9 Å². The van der Waals surface area contributed by atoms with Crippen molar-refractivity contribution in [3.8, 4) is 0 Å². The Balaban J connectivity index is 1.67. The quantitative estimate of drug-likeness (QED) is 0.762. The van der Waals surface area contributed by atoms with E-state index in [0.29, 0.717) is 19.0 Å². The van der Waals surface area contributed by atoms with E-state index in [4.69, 9.17) is 0 Å². The van der Waals surface area contributed by atoms with Crippen LogP contribution in [-0.2, 0) is 9.59 Å². The smallest absolute Gasteiger partial charge is 0.244 e. The summed E-state index contributed by atoms with van der Waals surface area (Å²) < 4.78 is 0.940. The number of nitrogens with one attached hydrogen (secondary N) is 2. The van der Waals surface area contributed by atoms with Crippen molar-refractivity contribution in [2.75, 3.05) is 6.54 Å². The fraction of sp³-hybridized carbons (Fsp3) is 0.412. The summed E-state index contributed by atoms with van der Waals surface area (Å²) in [7, 11) is 0. The van der Waals surface area contributed by atoms with Crippen molar-refractivity contribution in [1.82, 2.24) is 10.6 Å². The molecule has 1 aromatic carbocycles. The molecule has 0 atom stereocenters. The number of amides is 2. The number of halogens is 1. The zero-order valence-electron chi connectivity index (χ0n) is 12.5. The van der Waals surface area contributed by atoms with Gasteiger partial charge in [0.2, 0.25) is 11.8 Å². The summed E-state index contributed by atoms with van der Waals surface area (Å²) in [5.41, 5.74) is 0.941. The molecule has 0 aromatic heterocycles. The summed E-state index contributed by atoms with van der Waals surface area (Å²) in [6, 6.07) is 8.01. The Kier molecular flexibility index (Phi) is 6.65. The third kappa shape index (κ3) is 5.64. The number of benzene rings is 1. The molecule has 1 aliphatic carbocycles. The largest absolute Gasteiger partial charge is 0.353 e. The van der Waals surface area contributed by atoms with Gasteiger partial charge in [-0.3, -0.25) is 9.59 Å². The Morgan fingerprint density at radius 3 is 2.68 bits per heavy atom. The summed E-state index contributed by atoms with van der Waals surface area (Å²) in [6.07, 6.45) is 8.10. The highest BCUT2D eigenvalue weighted by Gasteiger charge is 2.16. The van der Waals surface area contributed by atoms with E-state index >= 15 is 0 Å². The Morgan fingerprint density at radius 2 is 1.95 bits per heavy atom. The van der Waals surface area contributed by atoms with E-state index in [-0.39, 0.29) is 11.8 Å². The third-order valence-corrected chi connectivity index (χ3v) is 4.41. The van der Waals surface area contributed by atoms with Gasteiger partial charge in [0.15, 0.2) is 0 Å². The summed E-state index contributed by atoms with van der Waals surface area (Å²) in [4.78, 5) is 23.4. The first-order valence-corrected chi connectivity index (χ1v) is 8.44. The molecule has 2 rings (SSSR count). The van der Waals surface area contributed by atoms with Crippen LogP contribution in [0.5, 0.6) is 0 Å². The van der Waals surface area contributed by atoms with Crippen molar-refractivity contribution in [1.29, 1.82) is 0 Å². The maximum absolute atomic E-state index is 11.7. The highest BCUT2D eigenvalue weighted by molar-refractivity contribution is 9.10. The van der Waals surface area contributed by atoms with Gasteiger partial charge in [-0.2, -0.15) is 0 Å². The molecule has 0 aliphatic heterocycles. The molecule has 0 bridgehead atoms. The van der Waals surface area contributed by atoms with E-state index < -0.39 is 0 Å². The molecule has 0 radical (unpaired) electrons. The molecular formula is C17H21BrN2O2. The van der Waals surface area contributed by atoms with Gasteiger partial charge in [0.05, 0.1) is 0 Å². The molecule has 4 nitrogen and oxygen atoms in total. The van der Waals surface area contributed by atoms with Crippen LogP contribution in [0.3, 0.4) is 0 Å². The Bertz CT molecular complexity index is 551. The lowest BCUT2D eigenvalue weighted by Gasteiger charge is -2.11. The predicted octanol–water partition coefficient (Wildman–Crippen LogP) is 3.03. The molecule has 1 fully saturated rings. The fourth-order valence-corrected chi connectivity index (χ4v) is 2.92. The predicted molar refractivity (Wildman–Crippen MR) is 91.2 cm³/mol. The van der Waals surface area contributed by atoms with Crippen LogP contribution in [0.2, 0.25) is 0 Å². The zero-order chi connectivity index (χ0) is 15.8. The third-order valence-electron chi connectivity index (χ3n) is 3.69. The number of hydrogen-bond acceptors (Lipinski definition) is 2. The normalized spacial score (nSPS) is 15.1. The summed E-state index contributed by atoms with van der Waals surface area (Å²) in [5.74, 6) is -0.175. The van der Waals surface area contributed by atoms with E-state index in [9.17, 15) is 9.59 Å². The standard InChI is InChI=1S/C17H21BrN2O2/c18-15-8-4-1-5-13(15)9-10-16(21)19-12-11-17(22)20-14-6-2-3-7-14/h1,4-5,8-10,14H,2-3,6-7,11-12H2,(H,19,21)(H,20,22)/b10-9+. The average molecular weight is 365 g/mol. The van der Waals surface area contributed by atoms with Crippen molar-refractivity contribution >= 4 is 33.8 Å². The van der Waals surface area contributed by atoms with Crippen LogP contribution in [0.4, 0.5) is 0 Å². The van der Waals surface area contributed by atoms with Gasteiger partial charge >= 0.3 is 0 Å². The molecule has 118 valence electrons. The molecule has 1 aromatic rings. The highest BCUT2D eigenvalue weighted by atomic mass is 79.9. The second-order valence-corrected chi connectivity index (χ2v) is 6.30. The Hall–Kier alpha value is -1.62. The minimum Gasteiger partial charge on any atom is -0.353 e. The maximum Gasteiger partial charge on any atom is 0.244 e. The van der Waals surface area contributed by atoms with E-state index in [0.717, 1.165) is 22.9 Å². The van der Waals surface area contributed by atoms with Gasteiger partial charge in [-0.1, -0.05) is 47.0 Å². The zero-order valence-corrected chi connectivity index (χ0v) is 14.1. The molecule has 2 N–H and O–H groups in total. The first-order chi connectivity index (χ1) is 10.6. The molecule has 22 heavy (non-hydrogen) atoms. The second kappa shape index (κ2) is 8.73. The van der Waals surface area contributed by atoms with Crippen molar-refractivity contribution in [3.63, 3.8) is 0 Å². The van der Waals surface area contributed by atoms with Gasteiger partial charge in [-0.15, -0.1) is 0 Å². The maximum atomic E-state index is 11.7. The summed E-state index contributed by atoms with van der Waals surface area (Å²) in [6.45, 7) is 0.359. The lowest BCUT2D eigenvalue weighted by atomic mass is 10.2. The molecule has 5 heteroatoms. The van der Waals surface area contributed by atoms with Gasteiger partial charge in [0.25, 0.3) is 0 Å². The van der Waals surface area contributed by atoms with E-state index in [1.807, 2.05) is 24.3 Å². The van der Waals surface area contributed by atoms with Crippen LogP contribution < -0.4 is 10.6 Å². The van der Waals surface area contributed by atoms with Crippen LogP contribution >= 0.6 is 15.9 Å². The average Bonchev–Trinajstić information content (AvgIpc) is 2.99. The molecule has 0 saturated heterocycles. The topological polar surface area (TPSA) is 58.2 Å². The molecule has 0 heterocycles. The minimum atomic E-state index is -0.190. The van der Waals surface area contributed by atoms with Crippen LogP contribution in [0.1, 0.15) is 37.7 Å². The molecule has 0 spiro atoms. The monoisotopic (exact) mass is 364 g/mol. The molecule has 2 amide bonds. The first kappa shape index (κ1) is 16.7. The van der Waals surface area contributed by atoms with Crippen molar-refractivity contribution in [3.05, 3.63) is 40.4 Å². The van der Waals surface area contributed by atoms with E-state index in [2.05, 4.69) is 26.6 Å². The van der Waals surface area contributed by atoms with Gasteiger partial charge in [0.1, 0.15) is 0 Å². The van der Waals surface area contributed by atoms with Gasteiger partial charge in [0, 0.05) is 29.6 Å². The minimum absolute atomic E-state index is 0.0157. The number of carbonyl (C=O) groups excluding carboxylic acids is 2. The van der Waals surface area contributed by atoms with Crippen LogP contribution in [0, 0.1) is 0 Å². The van der Waals surface area contributed by atoms with Gasteiger partial charge in [-0.25, -0.2) is 0 Å². The van der Waals surface area contributed by atoms with Crippen LogP contribution in [-0.4, -0.2) is 24.4 Å². The van der Waals surface area contributed by atoms with Crippen LogP contribution in [0.15, 0.2) is 34.8 Å². The first-order valence-electron chi connectivity index (χ1n) is 7.65. The lowest BCUT2D eigenvalue weighted by Crippen LogP contribution is -2.35. The second-order valence-electron chi connectivity index (χ2n) is 5.44. The van der Waals surface area contributed by atoms with Crippen LogP contribution in [0.25, 0.3) is 6.08 Å². The lowest BCUT2D eigenvalue weighted by molar-refractivity contribution is -0.121. The van der Waals surface area contributed by atoms with Crippen molar-refractivity contribution in [2.45, 2.75) is 38.1 Å². The summed E-state index contributed by atoms with van der Waals surface area (Å²) in [5, 5.41) is 5.73. The molecule has 0 unspecified atom stereocenters. The van der Waals surface area contributed by atoms with Gasteiger partial charge < -0.3 is 10.6 Å². The molecule has 1 saturated carbocycles. The van der Waals surface area contributed by atoms with Gasteiger partial charge in [-0.05, 0) is 30.5 Å². The Labute approximate surface area is 139 Å². The van der Waals surface area contributed by atoms with Crippen molar-refractivity contribution < 1.29 is 9.59 Å². The molecule has 1 aliphatic rings. The number of hydrogen-bond donors (Lipinski definition) is 2. The molecular weight excluding hydrogens is 344 g/mol. The number of carbonyl (C=O) groups is 2. The van der Waals surface area contributed by atoms with Crippen molar-refractivity contribution in [2.24, 2.45) is 0 Å². The number of rotatable bonds is 6. The van der Waals surface area contributed by atoms with E-state index in [1.54, 1.807) is 6.08 Å². The SMILES string of the molecule is O=C(/C=C/c1ccccc1Br)NCCC(=O)NC1CCCC1. The fourth-order valence-electron chi connectivity index (χ4n) is 2.50. The highest BCUT2D eigenvalue weighted by Crippen LogP contribution is 2.18. The summed E-state index contributed by atoms with van der Waals surface area (Å²) >= 11 is 3.42.